The second kappa shape index (κ2) is 11.0. The van der Waals surface area contributed by atoms with Crippen molar-refractivity contribution in [2.75, 3.05) is 25.0 Å². The standard InChI is InChI=1S/C25H31N7O3.ClH/c1-15-18(25(2,29-14-21(33)34)24(35)32-11-3-4-12-32)9-10-19-22(15)31-20(30-19)13-28-17-7-5-16(6-8-17)23(26)27;/h5-10,28-29H,3-4,11-14H2,1-2H3,(H3,26,27)(H,30,31)(H,33,34);1H. The van der Waals surface area contributed by atoms with Gasteiger partial charge >= 0.3 is 5.97 Å². The van der Waals surface area contributed by atoms with Gasteiger partial charge in [-0.3, -0.25) is 20.3 Å². The van der Waals surface area contributed by atoms with Crippen molar-refractivity contribution in [2.45, 2.75) is 38.8 Å². The largest absolute Gasteiger partial charge is 0.480 e. The van der Waals surface area contributed by atoms with E-state index < -0.39 is 11.5 Å². The minimum absolute atomic E-state index is 0. The number of carboxylic acids is 1. The van der Waals surface area contributed by atoms with Gasteiger partial charge in [0, 0.05) is 24.3 Å². The lowest BCUT2D eigenvalue weighted by molar-refractivity contribution is -0.139. The summed E-state index contributed by atoms with van der Waals surface area (Å²) in [4.78, 5) is 34.7. The second-order valence-corrected chi connectivity index (χ2v) is 9.03. The van der Waals surface area contributed by atoms with Crippen LogP contribution in [0.25, 0.3) is 11.0 Å². The Morgan fingerprint density at radius 1 is 1.19 bits per heavy atom. The van der Waals surface area contributed by atoms with Crippen LogP contribution in [0.15, 0.2) is 36.4 Å². The van der Waals surface area contributed by atoms with E-state index in [0.717, 1.165) is 41.0 Å². The summed E-state index contributed by atoms with van der Waals surface area (Å²) in [5.74, 6) is -0.395. The molecule has 1 aliphatic rings. The molecule has 0 radical (unpaired) electrons. The zero-order valence-corrected chi connectivity index (χ0v) is 21.2. The summed E-state index contributed by atoms with van der Waals surface area (Å²) >= 11 is 0. The third-order valence-electron chi connectivity index (χ3n) is 6.57. The van der Waals surface area contributed by atoms with Crippen LogP contribution in [0, 0.1) is 12.3 Å². The highest BCUT2D eigenvalue weighted by Crippen LogP contribution is 2.32. The lowest BCUT2D eigenvalue weighted by Crippen LogP contribution is -2.54. The number of carbonyl (C=O) groups excluding carboxylic acids is 1. The van der Waals surface area contributed by atoms with Gasteiger partial charge in [-0.25, -0.2) is 4.98 Å². The number of nitrogens with zero attached hydrogens (tertiary/aromatic N) is 2. The first-order valence-electron chi connectivity index (χ1n) is 11.6. The van der Waals surface area contributed by atoms with E-state index in [0.29, 0.717) is 30.8 Å². The Labute approximate surface area is 215 Å². The molecule has 4 rings (SSSR count). The number of aromatic nitrogens is 2. The van der Waals surface area contributed by atoms with Gasteiger partial charge in [-0.1, -0.05) is 6.07 Å². The molecule has 1 saturated heterocycles. The van der Waals surface area contributed by atoms with Gasteiger partial charge in [0.15, 0.2) is 0 Å². The summed E-state index contributed by atoms with van der Waals surface area (Å²) in [5, 5.41) is 23.1. The normalized spacial score (nSPS) is 14.8. The molecular formula is C25H32ClN7O3. The monoisotopic (exact) mass is 513 g/mol. The van der Waals surface area contributed by atoms with E-state index in [4.69, 9.17) is 16.1 Å². The number of imidazole rings is 1. The fourth-order valence-corrected chi connectivity index (χ4v) is 4.62. The number of nitrogen functional groups attached to an aromatic ring is 1. The molecule has 3 aromatic rings. The Morgan fingerprint density at radius 2 is 1.86 bits per heavy atom. The van der Waals surface area contributed by atoms with E-state index in [1.807, 2.05) is 31.2 Å². The Balaban J connectivity index is 0.00000361. The molecular weight excluding hydrogens is 482 g/mol. The maximum absolute atomic E-state index is 13.5. The quantitative estimate of drug-likeness (QED) is 0.189. The number of carbonyl (C=O) groups is 2. The van der Waals surface area contributed by atoms with Crippen molar-refractivity contribution in [3.63, 3.8) is 0 Å². The number of aromatic amines is 1. The Hall–Kier alpha value is -3.63. The van der Waals surface area contributed by atoms with Crippen molar-refractivity contribution in [3.8, 4) is 0 Å². The molecule has 7 N–H and O–H groups in total. The third kappa shape index (κ3) is 5.44. The molecule has 10 nitrogen and oxygen atoms in total. The number of amidine groups is 1. The highest BCUT2D eigenvalue weighted by molar-refractivity contribution is 5.95. The molecule has 1 fully saturated rings. The first-order chi connectivity index (χ1) is 16.7. The van der Waals surface area contributed by atoms with Crippen molar-refractivity contribution in [2.24, 2.45) is 5.73 Å². The number of H-pyrrole nitrogens is 1. The van der Waals surface area contributed by atoms with E-state index >= 15 is 0 Å². The highest BCUT2D eigenvalue weighted by atomic mass is 35.5. The number of hydrogen-bond donors (Lipinski definition) is 6. The molecule has 1 aromatic heterocycles. The number of likely N-dealkylation sites (tertiary alicyclic amines) is 1. The van der Waals surface area contributed by atoms with E-state index in [1.165, 1.54) is 0 Å². The number of carboxylic acid groups (broad SMARTS) is 1. The zero-order chi connectivity index (χ0) is 25.2. The Bertz CT molecular complexity index is 1270. The Kier molecular flexibility index (Phi) is 8.21. The van der Waals surface area contributed by atoms with Crippen molar-refractivity contribution >= 4 is 46.8 Å². The SMILES string of the molecule is Cc1c(C(C)(NCC(=O)O)C(=O)N2CCCC2)ccc2[nH]c(CNc3ccc(C(=N)N)cc3)nc12.Cl. The maximum atomic E-state index is 13.5. The first kappa shape index (κ1) is 27.0. The number of aryl methyl sites for hydroxylation is 1. The molecule has 1 aliphatic heterocycles. The molecule has 36 heavy (non-hydrogen) atoms. The molecule has 11 heteroatoms. The number of hydrogen-bond acceptors (Lipinski definition) is 6. The van der Waals surface area contributed by atoms with E-state index in [1.54, 1.807) is 24.0 Å². The lowest BCUT2D eigenvalue weighted by atomic mass is 9.86. The lowest BCUT2D eigenvalue weighted by Gasteiger charge is -2.34. The molecule has 192 valence electrons. The van der Waals surface area contributed by atoms with E-state index in [9.17, 15) is 14.7 Å². The minimum atomic E-state index is -1.18. The van der Waals surface area contributed by atoms with Gasteiger partial charge in [0.2, 0.25) is 5.91 Å². The molecule has 1 amide bonds. The summed E-state index contributed by atoms with van der Waals surface area (Å²) in [5.41, 5.74) is 8.97. The summed E-state index contributed by atoms with van der Waals surface area (Å²) in [6.07, 6.45) is 1.90. The minimum Gasteiger partial charge on any atom is -0.480 e. The van der Waals surface area contributed by atoms with Crippen LogP contribution >= 0.6 is 12.4 Å². The van der Waals surface area contributed by atoms with Gasteiger partial charge in [0.05, 0.1) is 24.1 Å². The van der Waals surface area contributed by atoms with Crippen LogP contribution in [0.4, 0.5) is 5.69 Å². The fraction of sp³-hybridized carbons (Fsp3) is 0.360. The van der Waals surface area contributed by atoms with Crippen LogP contribution in [-0.4, -0.2) is 57.3 Å². The van der Waals surface area contributed by atoms with E-state index in [-0.39, 0.29) is 30.7 Å². The average Bonchev–Trinajstić information content (AvgIpc) is 3.52. The summed E-state index contributed by atoms with van der Waals surface area (Å²) in [6, 6.07) is 11.0. The van der Waals surface area contributed by atoms with Gasteiger partial charge in [-0.15, -0.1) is 12.4 Å². The van der Waals surface area contributed by atoms with Crippen molar-refractivity contribution in [3.05, 3.63) is 58.9 Å². The topological polar surface area (TPSA) is 160 Å². The fourth-order valence-electron chi connectivity index (χ4n) is 4.62. The predicted octanol–water partition coefficient (Wildman–Crippen LogP) is 2.70. The molecule has 1 atom stereocenters. The van der Waals surface area contributed by atoms with Crippen LogP contribution < -0.4 is 16.4 Å². The van der Waals surface area contributed by atoms with Crippen molar-refractivity contribution < 1.29 is 14.7 Å². The van der Waals surface area contributed by atoms with Gasteiger partial charge in [0.1, 0.15) is 17.2 Å². The third-order valence-corrected chi connectivity index (χ3v) is 6.57. The zero-order valence-electron chi connectivity index (χ0n) is 20.4. The Morgan fingerprint density at radius 3 is 2.47 bits per heavy atom. The number of halogens is 1. The van der Waals surface area contributed by atoms with Gasteiger partial charge < -0.3 is 26.0 Å². The molecule has 1 unspecified atom stereocenters. The smallest absolute Gasteiger partial charge is 0.317 e. The summed E-state index contributed by atoms with van der Waals surface area (Å²) in [6.45, 7) is 5.14. The highest BCUT2D eigenvalue weighted by Gasteiger charge is 2.40. The number of fused-ring (bicyclic) bond motifs is 1. The number of amides is 1. The number of anilines is 1. The second-order valence-electron chi connectivity index (χ2n) is 9.03. The average molecular weight is 514 g/mol. The number of benzene rings is 2. The summed E-state index contributed by atoms with van der Waals surface area (Å²) < 4.78 is 0. The predicted molar refractivity (Wildman–Crippen MR) is 142 cm³/mol. The number of rotatable bonds is 9. The van der Waals surface area contributed by atoms with Gasteiger partial charge in [-0.05, 0) is 68.1 Å². The van der Waals surface area contributed by atoms with Crippen LogP contribution in [0.3, 0.4) is 0 Å². The van der Waals surface area contributed by atoms with Gasteiger partial charge in [-0.2, -0.15) is 0 Å². The van der Waals surface area contributed by atoms with E-state index in [2.05, 4.69) is 15.6 Å². The molecule has 2 aromatic carbocycles. The van der Waals surface area contributed by atoms with Crippen LogP contribution in [0.2, 0.25) is 0 Å². The van der Waals surface area contributed by atoms with Crippen LogP contribution in [0.1, 0.15) is 42.3 Å². The number of aliphatic carboxylic acids is 1. The first-order valence-corrected chi connectivity index (χ1v) is 11.6. The molecule has 0 aliphatic carbocycles. The van der Waals surface area contributed by atoms with Crippen molar-refractivity contribution in [1.82, 2.24) is 20.2 Å². The number of nitrogens with two attached hydrogens (primary N) is 1. The van der Waals surface area contributed by atoms with Crippen LogP contribution in [0.5, 0.6) is 0 Å². The molecule has 2 heterocycles. The molecule has 0 bridgehead atoms. The molecule has 0 spiro atoms. The van der Waals surface area contributed by atoms with Crippen LogP contribution in [-0.2, 0) is 21.7 Å². The summed E-state index contributed by atoms with van der Waals surface area (Å²) in [7, 11) is 0. The number of nitrogens with one attached hydrogen (secondary N) is 4. The molecule has 0 saturated carbocycles. The van der Waals surface area contributed by atoms with Gasteiger partial charge in [0.25, 0.3) is 0 Å². The van der Waals surface area contributed by atoms with Crippen molar-refractivity contribution in [1.29, 1.82) is 5.41 Å². The maximum Gasteiger partial charge on any atom is 0.317 e.